The van der Waals surface area contributed by atoms with Crippen LogP contribution in [0.25, 0.3) is 21.5 Å². The van der Waals surface area contributed by atoms with E-state index in [1.165, 1.54) is 0 Å². The average Bonchev–Trinajstić information content (AvgIpc) is 2.74. The van der Waals surface area contributed by atoms with E-state index in [1.54, 1.807) is 14.2 Å². The van der Waals surface area contributed by atoms with Gasteiger partial charge in [-0.2, -0.15) is 0 Å². The van der Waals surface area contributed by atoms with Gasteiger partial charge in [0, 0.05) is 21.9 Å². The van der Waals surface area contributed by atoms with Crippen molar-refractivity contribution in [2.24, 2.45) is 0 Å². The van der Waals surface area contributed by atoms with E-state index in [9.17, 15) is 4.21 Å². The normalized spacial score (nSPS) is 11.2. The van der Waals surface area contributed by atoms with Gasteiger partial charge in [-0.3, -0.25) is 4.21 Å². The zero-order chi connectivity index (χ0) is 19.5. The Morgan fingerprint density at radius 2 is 1.07 bits per heavy atom. The number of fused-ring (bicyclic) bond motifs is 2. The number of hydrogen-bond donors (Lipinski definition) is 0. The molecule has 4 heteroatoms. The SMILES string of the molecule is COc1ccc2ccccc2c1CS(=O)Cc1c(OC)ccc2ccccc12. The van der Waals surface area contributed by atoms with Crippen molar-refractivity contribution in [1.29, 1.82) is 0 Å². The quantitative estimate of drug-likeness (QED) is 0.439. The molecule has 28 heavy (non-hydrogen) atoms. The molecule has 0 aromatic heterocycles. The molecule has 0 aliphatic heterocycles. The Morgan fingerprint density at radius 3 is 1.50 bits per heavy atom. The summed E-state index contributed by atoms with van der Waals surface area (Å²) in [6.45, 7) is 0. The molecule has 0 fully saturated rings. The van der Waals surface area contributed by atoms with Crippen LogP contribution in [0.15, 0.2) is 72.8 Å². The molecule has 142 valence electrons. The second-order valence-corrected chi connectivity index (χ2v) is 8.12. The molecule has 0 aliphatic rings. The monoisotopic (exact) mass is 390 g/mol. The summed E-state index contributed by atoms with van der Waals surface area (Å²) in [7, 11) is 2.20. The fraction of sp³-hybridized carbons (Fsp3) is 0.167. The Bertz CT molecular complexity index is 1080. The smallest absolute Gasteiger partial charge is 0.123 e. The minimum absolute atomic E-state index is 0.427. The first-order chi connectivity index (χ1) is 13.7. The first-order valence-electron chi connectivity index (χ1n) is 9.15. The van der Waals surface area contributed by atoms with Crippen LogP contribution in [0.5, 0.6) is 11.5 Å². The van der Waals surface area contributed by atoms with E-state index in [1.807, 2.05) is 48.5 Å². The van der Waals surface area contributed by atoms with Crippen LogP contribution >= 0.6 is 0 Å². The van der Waals surface area contributed by atoms with Crippen molar-refractivity contribution in [2.75, 3.05) is 14.2 Å². The van der Waals surface area contributed by atoms with Crippen LogP contribution in [0.1, 0.15) is 11.1 Å². The maximum atomic E-state index is 13.2. The second kappa shape index (κ2) is 8.03. The van der Waals surface area contributed by atoms with Crippen molar-refractivity contribution in [2.45, 2.75) is 11.5 Å². The van der Waals surface area contributed by atoms with E-state index in [0.717, 1.165) is 44.2 Å². The summed E-state index contributed by atoms with van der Waals surface area (Å²) in [5, 5.41) is 4.41. The number of rotatable bonds is 6. The fourth-order valence-corrected chi connectivity index (χ4v) is 5.03. The Kier molecular flexibility index (Phi) is 5.31. The van der Waals surface area contributed by atoms with Crippen molar-refractivity contribution in [3.05, 3.63) is 83.9 Å². The lowest BCUT2D eigenvalue weighted by Gasteiger charge is -2.14. The minimum Gasteiger partial charge on any atom is -0.496 e. The van der Waals surface area contributed by atoms with Crippen molar-refractivity contribution >= 4 is 32.3 Å². The molecule has 0 N–H and O–H groups in total. The molecule has 0 saturated carbocycles. The summed E-state index contributed by atoms with van der Waals surface area (Å²) in [5.74, 6) is 2.40. The maximum Gasteiger partial charge on any atom is 0.123 e. The average molecular weight is 391 g/mol. The highest BCUT2D eigenvalue weighted by Crippen LogP contribution is 2.32. The van der Waals surface area contributed by atoms with Gasteiger partial charge in [0.25, 0.3) is 0 Å². The minimum atomic E-state index is -1.12. The van der Waals surface area contributed by atoms with Gasteiger partial charge in [-0.1, -0.05) is 60.7 Å². The molecular formula is C24H22O3S. The van der Waals surface area contributed by atoms with Gasteiger partial charge in [-0.15, -0.1) is 0 Å². The van der Waals surface area contributed by atoms with E-state index in [0.29, 0.717) is 11.5 Å². The van der Waals surface area contributed by atoms with Crippen molar-refractivity contribution in [3.63, 3.8) is 0 Å². The maximum absolute atomic E-state index is 13.2. The van der Waals surface area contributed by atoms with E-state index < -0.39 is 10.8 Å². The van der Waals surface area contributed by atoms with Gasteiger partial charge in [-0.05, 0) is 33.7 Å². The van der Waals surface area contributed by atoms with Gasteiger partial charge in [0.1, 0.15) is 11.5 Å². The third-order valence-corrected chi connectivity index (χ3v) is 6.27. The van der Waals surface area contributed by atoms with Gasteiger partial charge in [0.15, 0.2) is 0 Å². The highest BCUT2D eigenvalue weighted by molar-refractivity contribution is 7.83. The Balaban J connectivity index is 1.72. The number of hydrogen-bond acceptors (Lipinski definition) is 3. The summed E-state index contributed by atoms with van der Waals surface area (Å²) >= 11 is 0. The van der Waals surface area contributed by atoms with Gasteiger partial charge < -0.3 is 9.47 Å². The predicted octanol–water partition coefficient (Wildman–Crippen LogP) is 5.46. The van der Waals surface area contributed by atoms with Crippen LogP contribution in [-0.2, 0) is 22.3 Å². The Hall–Kier alpha value is -2.85. The van der Waals surface area contributed by atoms with Gasteiger partial charge >= 0.3 is 0 Å². The molecule has 0 bridgehead atoms. The summed E-state index contributed by atoms with van der Waals surface area (Å²) in [6.07, 6.45) is 0. The van der Waals surface area contributed by atoms with E-state index in [-0.39, 0.29) is 0 Å². The van der Waals surface area contributed by atoms with Gasteiger partial charge in [0.2, 0.25) is 0 Å². The van der Waals surface area contributed by atoms with Crippen LogP contribution in [0.3, 0.4) is 0 Å². The number of ether oxygens (including phenoxy) is 2. The molecule has 4 aromatic carbocycles. The highest BCUT2D eigenvalue weighted by Gasteiger charge is 2.16. The molecule has 0 heterocycles. The van der Waals surface area contributed by atoms with Crippen LogP contribution in [0, 0.1) is 0 Å². The van der Waals surface area contributed by atoms with Crippen LogP contribution in [0.4, 0.5) is 0 Å². The summed E-state index contributed by atoms with van der Waals surface area (Å²) in [4.78, 5) is 0. The molecule has 4 aromatic rings. The van der Waals surface area contributed by atoms with Gasteiger partial charge in [-0.25, -0.2) is 0 Å². The fourth-order valence-electron chi connectivity index (χ4n) is 3.69. The molecule has 0 atom stereocenters. The third kappa shape index (κ3) is 3.48. The zero-order valence-electron chi connectivity index (χ0n) is 16.0. The van der Waals surface area contributed by atoms with E-state index >= 15 is 0 Å². The molecule has 0 amide bonds. The predicted molar refractivity (Wildman–Crippen MR) is 117 cm³/mol. The largest absolute Gasteiger partial charge is 0.496 e. The topological polar surface area (TPSA) is 35.5 Å². The van der Waals surface area contributed by atoms with Crippen molar-refractivity contribution in [3.8, 4) is 11.5 Å². The molecule has 3 nitrogen and oxygen atoms in total. The lowest BCUT2D eigenvalue weighted by molar-refractivity contribution is 0.411. The van der Waals surface area contributed by atoms with Crippen LogP contribution in [-0.4, -0.2) is 18.4 Å². The molecule has 0 radical (unpaired) electrons. The van der Waals surface area contributed by atoms with Crippen LogP contribution < -0.4 is 9.47 Å². The molecule has 0 spiro atoms. The van der Waals surface area contributed by atoms with E-state index in [4.69, 9.17) is 9.47 Å². The van der Waals surface area contributed by atoms with Crippen molar-refractivity contribution < 1.29 is 13.7 Å². The molecule has 0 unspecified atom stereocenters. The molecule has 0 saturated heterocycles. The number of benzene rings is 4. The first-order valence-corrected chi connectivity index (χ1v) is 10.6. The lowest BCUT2D eigenvalue weighted by atomic mass is 10.0. The first kappa shape index (κ1) is 18.5. The zero-order valence-corrected chi connectivity index (χ0v) is 16.8. The molecule has 0 aliphatic carbocycles. The third-order valence-electron chi connectivity index (χ3n) is 5.05. The Labute approximate surface area is 167 Å². The molecular weight excluding hydrogens is 368 g/mol. The highest BCUT2D eigenvalue weighted by atomic mass is 32.2. The lowest BCUT2D eigenvalue weighted by Crippen LogP contribution is -2.04. The van der Waals surface area contributed by atoms with Crippen molar-refractivity contribution in [1.82, 2.24) is 0 Å². The van der Waals surface area contributed by atoms with E-state index in [2.05, 4.69) is 24.3 Å². The Morgan fingerprint density at radius 1 is 0.643 bits per heavy atom. The summed E-state index contributed by atoms with van der Waals surface area (Å²) < 4.78 is 24.3. The summed E-state index contributed by atoms with van der Waals surface area (Å²) in [6, 6.07) is 24.2. The summed E-state index contributed by atoms with van der Waals surface area (Å²) in [5.41, 5.74) is 1.97. The molecule has 4 rings (SSSR count). The van der Waals surface area contributed by atoms with Crippen LogP contribution in [0.2, 0.25) is 0 Å². The number of methoxy groups -OCH3 is 2. The van der Waals surface area contributed by atoms with Gasteiger partial charge in [0.05, 0.1) is 25.7 Å². The second-order valence-electron chi connectivity index (χ2n) is 6.66. The standard InChI is InChI=1S/C24H22O3S/c1-26-23-13-11-17-7-3-5-9-19(17)21(23)15-28(25)16-22-20-10-6-4-8-18(20)12-14-24(22)27-2/h3-14H,15-16H2,1-2H3.